The average Bonchev–Trinajstić information content (AvgIpc) is 2.73. The molecule has 2 heterocycles. The SMILES string of the molecule is CC1(C(=O)O)COCC1NC(=O)NC1CCNCC1. The van der Waals surface area contributed by atoms with Crippen LogP contribution in [0.15, 0.2) is 0 Å². The smallest absolute Gasteiger partial charge is 0.315 e. The Kier molecular flexibility index (Phi) is 4.26. The topological polar surface area (TPSA) is 99.7 Å². The molecule has 7 heteroatoms. The number of urea groups is 1. The van der Waals surface area contributed by atoms with Gasteiger partial charge in [-0.1, -0.05) is 0 Å². The number of piperidine rings is 1. The summed E-state index contributed by atoms with van der Waals surface area (Å²) in [4.78, 5) is 23.1. The summed E-state index contributed by atoms with van der Waals surface area (Å²) in [5.74, 6) is -0.947. The number of carbonyl (C=O) groups is 2. The molecular formula is C12H21N3O4. The predicted molar refractivity (Wildman–Crippen MR) is 67.9 cm³/mol. The monoisotopic (exact) mass is 271 g/mol. The van der Waals surface area contributed by atoms with Gasteiger partial charge in [-0.15, -0.1) is 0 Å². The van der Waals surface area contributed by atoms with Gasteiger partial charge in [0.25, 0.3) is 0 Å². The lowest BCUT2D eigenvalue weighted by Gasteiger charge is -2.28. The van der Waals surface area contributed by atoms with Crippen LogP contribution in [0.4, 0.5) is 4.79 Å². The molecule has 0 radical (unpaired) electrons. The van der Waals surface area contributed by atoms with Gasteiger partial charge in [-0.25, -0.2) is 4.79 Å². The maximum absolute atomic E-state index is 11.9. The lowest BCUT2D eigenvalue weighted by Crippen LogP contribution is -2.55. The summed E-state index contributed by atoms with van der Waals surface area (Å²) in [7, 11) is 0. The lowest BCUT2D eigenvalue weighted by molar-refractivity contribution is -0.148. The van der Waals surface area contributed by atoms with Crippen LogP contribution in [0.25, 0.3) is 0 Å². The summed E-state index contributed by atoms with van der Waals surface area (Å²) >= 11 is 0. The van der Waals surface area contributed by atoms with Crippen molar-refractivity contribution in [2.75, 3.05) is 26.3 Å². The van der Waals surface area contributed by atoms with Gasteiger partial charge in [-0.2, -0.15) is 0 Å². The maximum atomic E-state index is 11.9. The van der Waals surface area contributed by atoms with Gasteiger partial charge in [-0.05, 0) is 32.9 Å². The zero-order chi connectivity index (χ0) is 13.9. The highest BCUT2D eigenvalue weighted by atomic mass is 16.5. The van der Waals surface area contributed by atoms with E-state index in [1.165, 1.54) is 0 Å². The van der Waals surface area contributed by atoms with Crippen molar-refractivity contribution in [1.29, 1.82) is 0 Å². The Hall–Kier alpha value is -1.34. The molecule has 2 amide bonds. The third kappa shape index (κ3) is 3.16. The largest absolute Gasteiger partial charge is 0.481 e. The highest BCUT2D eigenvalue weighted by molar-refractivity contribution is 5.79. The molecule has 0 bridgehead atoms. The van der Waals surface area contributed by atoms with Gasteiger partial charge in [0.15, 0.2) is 0 Å². The van der Waals surface area contributed by atoms with Crippen LogP contribution in [0, 0.1) is 5.41 Å². The summed E-state index contributed by atoms with van der Waals surface area (Å²) in [5.41, 5.74) is -1.05. The molecule has 0 aromatic carbocycles. The van der Waals surface area contributed by atoms with Crippen LogP contribution in [0.2, 0.25) is 0 Å². The van der Waals surface area contributed by atoms with Gasteiger partial charge in [0.05, 0.1) is 19.3 Å². The third-order valence-corrected chi connectivity index (χ3v) is 3.92. The first-order valence-corrected chi connectivity index (χ1v) is 6.61. The fourth-order valence-corrected chi connectivity index (χ4v) is 2.44. The third-order valence-electron chi connectivity index (χ3n) is 3.92. The first-order valence-electron chi connectivity index (χ1n) is 6.61. The number of ether oxygens (including phenoxy) is 1. The molecule has 19 heavy (non-hydrogen) atoms. The molecule has 0 aromatic rings. The predicted octanol–water partition coefficient (Wildman–Crippen LogP) is -0.473. The van der Waals surface area contributed by atoms with Crippen molar-refractivity contribution < 1.29 is 19.4 Å². The normalized spacial score (nSPS) is 31.9. The van der Waals surface area contributed by atoms with Gasteiger partial charge >= 0.3 is 12.0 Å². The molecule has 2 rings (SSSR count). The van der Waals surface area contributed by atoms with E-state index in [0.717, 1.165) is 25.9 Å². The fourth-order valence-electron chi connectivity index (χ4n) is 2.44. The van der Waals surface area contributed by atoms with Crippen molar-refractivity contribution in [3.05, 3.63) is 0 Å². The second kappa shape index (κ2) is 5.75. The van der Waals surface area contributed by atoms with Crippen LogP contribution in [0.5, 0.6) is 0 Å². The molecular weight excluding hydrogens is 250 g/mol. The summed E-state index contributed by atoms with van der Waals surface area (Å²) < 4.78 is 5.19. The van der Waals surface area contributed by atoms with E-state index >= 15 is 0 Å². The highest BCUT2D eigenvalue weighted by Gasteiger charge is 2.47. The minimum atomic E-state index is -1.05. The summed E-state index contributed by atoms with van der Waals surface area (Å²) in [6, 6.07) is -0.652. The van der Waals surface area contributed by atoms with Crippen LogP contribution < -0.4 is 16.0 Å². The van der Waals surface area contributed by atoms with E-state index in [4.69, 9.17) is 4.74 Å². The molecule has 0 spiro atoms. The number of carboxylic acids is 1. The van der Waals surface area contributed by atoms with E-state index in [-0.39, 0.29) is 25.3 Å². The fraction of sp³-hybridized carbons (Fsp3) is 0.833. The van der Waals surface area contributed by atoms with Crippen molar-refractivity contribution >= 4 is 12.0 Å². The number of nitrogens with one attached hydrogen (secondary N) is 3. The molecule has 2 unspecified atom stereocenters. The zero-order valence-electron chi connectivity index (χ0n) is 11.1. The van der Waals surface area contributed by atoms with Crippen molar-refractivity contribution in [3.8, 4) is 0 Å². The van der Waals surface area contributed by atoms with Gasteiger partial charge in [0, 0.05) is 6.04 Å². The number of aliphatic carboxylic acids is 1. The van der Waals surface area contributed by atoms with E-state index in [0.29, 0.717) is 0 Å². The van der Waals surface area contributed by atoms with E-state index in [2.05, 4.69) is 16.0 Å². The first kappa shape index (κ1) is 14.1. The lowest BCUT2D eigenvalue weighted by atomic mass is 9.85. The number of hydrogen-bond acceptors (Lipinski definition) is 4. The van der Waals surface area contributed by atoms with Crippen LogP contribution in [0.3, 0.4) is 0 Å². The summed E-state index contributed by atoms with van der Waals surface area (Å²) in [6.45, 7) is 3.75. The standard InChI is InChI=1S/C12H21N3O4/c1-12(10(16)17)7-19-6-9(12)15-11(18)14-8-2-4-13-5-3-8/h8-9,13H,2-7H2,1H3,(H,16,17)(H2,14,15,18). The molecule has 108 valence electrons. The Morgan fingerprint density at radius 3 is 2.63 bits per heavy atom. The molecule has 2 aliphatic rings. The maximum Gasteiger partial charge on any atom is 0.315 e. The summed E-state index contributed by atoms with van der Waals surface area (Å²) in [5, 5.41) is 18.0. The number of carbonyl (C=O) groups excluding carboxylic acids is 1. The number of amides is 2. The van der Waals surface area contributed by atoms with Gasteiger partial charge in [0.2, 0.25) is 0 Å². The quantitative estimate of drug-likeness (QED) is 0.556. The van der Waals surface area contributed by atoms with Crippen LogP contribution in [-0.2, 0) is 9.53 Å². The van der Waals surface area contributed by atoms with Crippen LogP contribution in [-0.4, -0.2) is 55.5 Å². The molecule has 0 aliphatic carbocycles. The van der Waals surface area contributed by atoms with E-state index in [1.807, 2.05) is 0 Å². The van der Waals surface area contributed by atoms with Crippen molar-refractivity contribution in [2.45, 2.75) is 31.8 Å². The first-order chi connectivity index (χ1) is 9.02. The Morgan fingerprint density at radius 1 is 1.32 bits per heavy atom. The Balaban J connectivity index is 1.86. The van der Waals surface area contributed by atoms with E-state index in [1.54, 1.807) is 6.92 Å². The van der Waals surface area contributed by atoms with Crippen molar-refractivity contribution in [2.24, 2.45) is 5.41 Å². The minimum Gasteiger partial charge on any atom is -0.481 e. The highest BCUT2D eigenvalue weighted by Crippen LogP contribution is 2.28. The minimum absolute atomic E-state index is 0.126. The van der Waals surface area contributed by atoms with Crippen LogP contribution >= 0.6 is 0 Å². The van der Waals surface area contributed by atoms with Crippen LogP contribution in [0.1, 0.15) is 19.8 Å². The molecule has 0 saturated carbocycles. The molecule has 2 aliphatic heterocycles. The second-order valence-electron chi connectivity index (χ2n) is 5.43. The molecule has 2 saturated heterocycles. The molecule has 4 N–H and O–H groups in total. The average molecular weight is 271 g/mol. The second-order valence-corrected chi connectivity index (χ2v) is 5.43. The number of carboxylic acid groups (broad SMARTS) is 1. The van der Waals surface area contributed by atoms with Crippen molar-refractivity contribution in [3.63, 3.8) is 0 Å². The van der Waals surface area contributed by atoms with E-state index < -0.39 is 17.4 Å². The van der Waals surface area contributed by atoms with E-state index in [9.17, 15) is 14.7 Å². The van der Waals surface area contributed by atoms with Crippen molar-refractivity contribution in [1.82, 2.24) is 16.0 Å². The zero-order valence-corrected chi connectivity index (χ0v) is 11.1. The van der Waals surface area contributed by atoms with Gasteiger partial charge in [-0.3, -0.25) is 4.79 Å². The Morgan fingerprint density at radius 2 is 2.00 bits per heavy atom. The molecule has 7 nitrogen and oxygen atoms in total. The Labute approximate surface area is 112 Å². The molecule has 0 aromatic heterocycles. The molecule has 2 fully saturated rings. The summed E-state index contributed by atoms with van der Waals surface area (Å²) in [6.07, 6.45) is 1.79. The number of rotatable bonds is 3. The Bertz CT molecular complexity index is 357. The van der Waals surface area contributed by atoms with Gasteiger partial charge < -0.3 is 25.8 Å². The van der Waals surface area contributed by atoms with Gasteiger partial charge in [0.1, 0.15) is 5.41 Å². The number of hydrogen-bond donors (Lipinski definition) is 4. The molecule has 2 atom stereocenters.